The molecule has 0 N–H and O–H groups in total. The van der Waals surface area contributed by atoms with Gasteiger partial charge in [-0.15, -0.1) is 11.8 Å². The zero-order chi connectivity index (χ0) is 19.5. The molecule has 1 atom stereocenters. The number of imidazole rings is 1. The maximum atomic E-state index is 10.8. The maximum Gasteiger partial charge on any atom is 0.414 e. The van der Waals surface area contributed by atoms with Gasteiger partial charge in [0, 0.05) is 9.88 Å². The molecule has 0 saturated carbocycles. The highest BCUT2D eigenvalue weighted by Gasteiger charge is 2.28. The van der Waals surface area contributed by atoms with Gasteiger partial charge in [0.15, 0.2) is 0 Å². The lowest BCUT2D eigenvalue weighted by Gasteiger charge is -2.22. The van der Waals surface area contributed by atoms with Crippen LogP contribution < -0.4 is 4.74 Å². The largest absolute Gasteiger partial charge is 0.443 e. The van der Waals surface area contributed by atoms with E-state index >= 15 is 0 Å². The third-order valence-electron chi connectivity index (χ3n) is 4.56. The van der Waals surface area contributed by atoms with Crippen LogP contribution in [0, 0.1) is 10.1 Å². The Hall–Kier alpha value is -2.84. The lowest BCUT2D eigenvalue weighted by molar-refractivity contribution is -0.389. The topological polar surface area (TPSA) is 79.4 Å². The zero-order valence-corrected chi connectivity index (χ0v) is 16.1. The van der Waals surface area contributed by atoms with E-state index < -0.39 is 4.92 Å². The van der Waals surface area contributed by atoms with E-state index in [0.717, 1.165) is 11.1 Å². The second-order valence-electron chi connectivity index (χ2n) is 6.46. The van der Waals surface area contributed by atoms with Gasteiger partial charge in [-0.05, 0) is 40.0 Å². The number of rotatable bonds is 6. The average molecular weight is 397 g/mol. The van der Waals surface area contributed by atoms with Gasteiger partial charge in [-0.2, -0.15) is 0 Å². The first kappa shape index (κ1) is 18.5. The molecule has 0 bridgehead atoms. The summed E-state index contributed by atoms with van der Waals surface area (Å²) in [6.45, 7) is 1.26. The second kappa shape index (κ2) is 8.04. The van der Waals surface area contributed by atoms with Crippen molar-refractivity contribution < 1.29 is 14.4 Å². The number of fused-ring (bicyclic) bond motifs is 1. The van der Waals surface area contributed by atoms with Crippen molar-refractivity contribution in [3.63, 3.8) is 0 Å². The summed E-state index contributed by atoms with van der Waals surface area (Å²) in [5.41, 5.74) is 3.41. The van der Waals surface area contributed by atoms with Gasteiger partial charge in [-0.1, -0.05) is 36.4 Å². The van der Waals surface area contributed by atoms with Gasteiger partial charge in [-0.25, -0.2) is 0 Å². The summed E-state index contributed by atoms with van der Waals surface area (Å²) < 4.78 is 13.0. The summed E-state index contributed by atoms with van der Waals surface area (Å²) in [7, 11) is 0. The van der Waals surface area contributed by atoms with Gasteiger partial charge in [0.1, 0.15) is 18.9 Å². The van der Waals surface area contributed by atoms with Crippen molar-refractivity contribution in [2.45, 2.75) is 24.2 Å². The number of hydrogen-bond acceptors (Lipinski definition) is 6. The number of ether oxygens (including phenoxy) is 2. The van der Waals surface area contributed by atoms with Crippen LogP contribution in [0.25, 0.3) is 11.1 Å². The highest BCUT2D eigenvalue weighted by atomic mass is 32.2. The molecule has 7 nitrogen and oxygen atoms in total. The molecule has 0 radical (unpaired) electrons. The minimum absolute atomic E-state index is 0.181. The molecular weight excluding hydrogens is 378 g/mol. The Kier molecular flexibility index (Phi) is 5.31. The smallest absolute Gasteiger partial charge is 0.414 e. The summed E-state index contributed by atoms with van der Waals surface area (Å²) in [5, 5.41) is 10.8. The lowest BCUT2D eigenvalue weighted by atomic mass is 10.0. The number of nitro groups is 1. The fraction of sp³-hybridized carbons (Fsp3) is 0.250. The molecule has 0 unspecified atom stereocenters. The van der Waals surface area contributed by atoms with E-state index in [9.17, 15) is 10.1 Å². The highest BCUT2D eigenvalue weighted by molar-refractivity contribution is 7.98. The first-order chi connectivity index (χ1) is 13.6. The monoisotopic (exact) mass is 397 g/mol. The first-order valence-corrected chi connectivity index (χ1v) is 10.0. The molecule has 2 heterocycles. The van der Waals surface area contributed by atoms with Gasteiger partial charge >= 0.3 is 11.8 Å². The van der Waals surface area contributed by atoms with Crippen molar-refractivity contribution in [3.05, 3.63) is 70.4 Å². The Balaban J connectivity index is 1.37. The molecule has 0 aliphatic carbocycles. The van der Waals surface area contributed by atoms with Crippen LogP contribution in [0.2, 0.25) is 0 Å². The van der Waals surface area contributed by atoms with Gasteiger partial charge in [0.05, 0.1) is 13.2 Å². The average Bonchev–Trinajstić information content (AvgIpc) is 3.16. The summed E-state index contributed by atoms with van der Waals surface area (Å²) in [6, 6.07) is 17.0. The van der Waals surface area contributed by atoms with Gasteiger partial charge in [0.25, 0.3) is 0 Å². The van der Waals surface area contributed by atoms with Crippen molar-refractivity contribution in [1.82, 2.24) is 9.55 Å². The molecule has 2 aromatic carbocycles. The Morgan fingerprint density at radius 3 is 2.86 bits per heavy atom. The molecular formula is C20H19N3O4S. The highest BCUT2D eigenvalue weighted by Crippen LogP contribution is 2.26. The third-order valence-corrected chi connectivity index (χ3v) is 5.28. The van der Waals surface area contributed by atoms with E-state index in [1.54, 1.807) is 16.3 Å². The summed E-state index contributed by atoms with van der Waals surface area (Å²) in [5.74, 6) is -0.211. The van der Waals surface area contributed by atoms with Crippen molar-refractivity contribution in [1.29, 1.82) is 0 Å². The van der Waals surface area contributed by atoms with Crippen LogP contribution in [-0.2, 0) is 17.9 Å². The van der Waals surface area contributed by atoms with E-state index in [2.05, 4.69) is 59.8 Å². The number of nitrogens with zero attached hydrogens (tertiary/aromatic N) is 3. The molecule has 4 rings (SSSR count). The molecule has 8 heteroatoms. The number of benzene rings is 2. The first-order valence-electron chi connectivity index (χ1n) is 8.82. The molecule has 3 aromatic rings. The van der Waals surface area contributed by atoms with Gasteiger partial charge in [-0.3, -0.25) is 4.57 Å². The fourth-order valence-corrected chi connectivity index (χ4v) is 3.53. The predicted molar refractivity (Wildman–Crippen MR) is 107 cm³/mol. The molecule has 0 fully saturated rings. The summed E-state index contributed by atoms with van der Waals surface area (Å²) >= 11 is 1.73. The van der Waals surface area contributed by atoms with E-state index in [0.29, 0.717) is 19.8 Å². The number of thioether (sulfide) groups is 1. The molecule has 28 heavy (non-hydrogen) atoms. The minimum Gasteiger partial charge on any atom is -0.443 e. The zero-order valence-electron chi connectivity index (χ0n) is 15.3. The van der Waals surface area contributed by atoms with Crippen molar-refractivity contribution in [3.8, 4) is 17.1 Å². The van der Waals surface area contributed by atoms with Gasteiger partial charge in [0.2, 0.25) is 0 Å². The molecule has 0 amide bonds. The predicted octanol–water partition coefficient (Wildman–Crippen LogP) is 4.16. The quantitative estimate of drug-likeness (QED) is 0.353. The van der Waals surface area contributed by atoms with E-state index in [-0.39, 0.29) is 17.9 Å². The fourth-order valence-electron chi connectivity index (χ4n) is 3.07. The molecule has 144 valence electrons. The number of hydrogen-bond donors (Lipinski definition) is 0. The summed E-state index contributed by atoms with van der Waals surface area (Å²) in [6.07, 6.45) is 3.26. The lowest BCUT2D eigenvalue weighted by Crippen LogP contribution is -2.32. The normalized spacial score (nSPS) is 15.7. The molecule has 1 aromatic heterocycles. The molecule has 0 saturated heterocycles. The Bertz CT molecular complexity index is 987. The Labute approximate surface area is 166 Å². The van der Waals surface area contributed by atoms with Crippen molar-refractivity contribution in [2.24, 2.45) is 0 Å². The molecule has 0 spiro atoms. The Morgan fingerprint density at radius 2 is 2.11 bits per heavy atom. The van der Waals surface area contributed by atoms with Crippen LogP contribution >= 0.6 is 11.8 Å². The standard InChI is InChI=1S/C20H19N3O4S/c1-28-18-4-2-3-16(9-18)15-7-5-14(6-8-15)12-26-17-10-22-11-19(23(24)25)21-20(22)27-13-17/h2-9,11,17H,10,12-13H2,1H3/t17-/m0/s1. The van der Waals surface area contributed by atoms with E-state index in [1.165, 1.54) is 16.7 Å². The van der Waals surface area contributed by atoms with Crippen LogP contribution in [0.4, 0.5) is 5.82 Å². The maximum absolute atomic E-state index is 10.8. The Morgan fingerprint density at radius 1 is 1.29 bits per heavy atom. The number of aromatic nitrogens is 2. The third kappa shape index (κ3) is 4.02. The molecule has 1 aliphatic heterocycles. The second-order valence-corrected chi connectivity index (χ2v) is 7.34. The van der Waals surface area contributed by atoms with Crippen molar-refractivity contribution in [2.75, 3.05) is 12.9 Å². The van der Waals surface area contributed by atoms with Crippen LogP contribution in [-0.4, -0.2) is 33.4 Å². The SMILES string of the molecule is CSc1cccc(-c2ccc(CO[C@@H]3COc4nc([N+](=O)[O-])cn4C3)cc2)c1. The molecule has 1 aliphatic rings. The van der Waals surface area contributed by atoms with Crippen LogP contribution in [0.3, 0.4) is 0 Å². The van der Waals surface area contributed by atoms with Gasteiger partial charge < -0.3 is 19.6 Å². The van der Waals surface area contributed by atoms with E-state index in [1.807, 2.05) is 0 Å². The van der Waals surface area contributed by atoms with Crippen LogP contribution in [0.5, 0.6) is 6.01 Å². The minimum atomic E-state index is -0.527. The summed E-state index contributed by atoms with van der Waals surface area (Å²) in [4.78, 5) is 15.4. The van der Waals surface area contributed by atoms with Crippen LogP contribution in [0.1, 0.15) is 5.56 Å². The van der Waals surface area contributed by atoms with Crippen molar-refractivity contribution >= 4 is 17.6 Å². The van der Waals surface area contributed by atoms with E-state index in [4.69, 9.17) is 9.47 Å². The van der Waals surface area contributed by atoms with Crippen LogP contribution in [0.15, 0.2) is 59.6 Å².